The van der Waals surface area contributed by atoms with Crippen molar-refractivity contribution < 1.29 is 4.79 Å². The molecule has 0 saturated carbocycles. The lowest BCUT2D eigenvalue weighted by molar-refractivity contribution is 0.249. The lowest BCUT2D eigenvalue weighted by atomic mass is 10.1. The van der Waals surface area contributed by atoms with Gasteiger partial charge >= 0.3 is 6.03 Å². The number of rotatable bonds is 3. The third-order valence-electron chi connectivity index (χ3n) is 3.69. The average Bonchev–Trinajstić information content (AvgIpc) is 2.56. The van der Waals surface area contributed by atoms with Crippen LogP contribution in [0.1, 0.15) is 18.5 Å². The second kappa shape index (κ2) is 6.31. The minimum absolute atomic E-state index is 0.0452. The highest BCUT2D eigenvalue weighted by Gasteiger charge is 2.10. The van der Waals surface area contributed by atoms with Gasteiger partial charge in [-0.3, -0.25) is 0 Å². The van der Waals surface area contributed by atoms with E-state index in [9.17, 15) is 4.79 Å². The number of benzene rings is 3. The van der Waals surface area contributed by atoms with E-state index in [0.29, 0.717) is 0 Å². The summed E-state index contributed by atoms with van der Waals surface area (Å²) in [4.78, 5) is 12.2. The second-order valence-corrected chi connectivity index (χ2v) is 5.26. The van der Waals surface area contributed by atoms with Crippen molar-refractivity contribution in [2.45, 2.75) is 13.0 Å². The molecule has 3 aromatic carbocycles. The Morgan fingerprint density at radius 3 is 2.36 bits per heavy atom. The number of nitrogens with one attached hydrogen (secondary N) is 2. The number of amides is 2. The molecule has 0 heterocycles. The zero-order valence-electron chi connectivity index (χ0n) is 12.4. The van der Waals surface area contributed by atoms with Gasteiger partial charge in [0.05, 0.1) is 11.7 Å². The molecule has 2 amide bonds. The predicted octanol–water partition coefficient (Wildman–Crippen LogP) is 4.72. The Labute approximate surface area is 130 Å². The Hall–Kier alpha value is -2.81. The summed E-state index contributed by atoms with van der Waals surface area (Å²) in [6.45, 7) is 1.97. The Morgan fingerprint density at radius 1 is 0.864 bits per heavy atom. The van der Waals surface area contributed by atoms with Gasteiger partial charge in [-0.05, 0) is 23.9 Å². The highest BCUT2D eigenvalue weighted by atomic mass is 16.2. The van der Waals surface area contributed by atoms with Crippen LogP contribution in [-0.2, 0) is 0 Å². The number of hydrogen-bond donors (Lipinski definition) is 2. The molecule has 0 saturated heterocycles. The molecule has 110 valence electrons. The van der Waals surface area contributed by atoms with Gasteiger partial charge in [-0.1, -0.05) is 66.7 Å². The van der Waals surface area contributed by atoms with Crippen molar-refractivity contribution in [1.29, 1.82) is 0 Å². The Balaban J connectivity index is 1.74. The molecule has 3 aromatic rings. The minimum atomic E-state index is -0.201. The van der Waals surface area contributed by atoms with E-state index in [1.54, 1.807) is 0 Å². The third kappa shape index (κ3) is 3.09. The Morgan fingerprint density at radius 2 is 1.55 bits per heavy atom. The maximum absolute atomic E-state index is 12.2. The summed E-state index contributed by atoms with van der Waals surface area (Å²) < 4.78 is 0. The largest absolute Gasteiger partial charge is 0.331 e. The topological polar surface area (TPSA) is 41.1 Å². The van der Waals surface area contributed by atoms with E-state index >= 15 is 0 Å². The first-order valence-corrected chi connectivity index (χ1v) is 7.34. The summed E-state index contributed by atoms with van der Waals surface area (Å²) in [6, 6.07) is 23.5. The van der Waals surface area contributed by atoms with Crippen molar-refractivity contribution in [3.05, 3.63) is 78.4 Å². The molecular formula is C19H18N2O. The van der Waals surface area contributed by atoms with Crippen LogP contribution in [0, 0.1) is 0 Å². The van der Waals surface area contributed by atoms with Crippen LogP contribution < -0.4 is 10.6 Å². The summed E-state index contributed by atoms with van der Waals surface area (Å²) in [5.74, 6) is 0. The van der Waals surface area contributed by atoms with Gasteiger partial charge < -0.3 is 10.6 Å². The maximum Gasteiger partial charge on any atom is 0.319 e. The van der Waals surface area contributed by atoms with Crippen molar-refractivity contribution in [3.63, 3.8) is 0 Å². The highest BCUT2D eigenvalue weighted by molar-refractivity contribution is 6.01. The van der Waals surface area contributed by atoms with E-state index in [-0.39, 0.29) is 12.1 Å². The van der Waals surface area contributed by atoms with Crippen LogP contribution in [0.5, 0.6) is 0 Å². The molecule has 0 radical (unpaired) electrons. The molecule has 0 aliphatic heterocycles. The molecule has 0 unspecified atom stereocenters. The van der Waals surface area contributed by atoms with Crippen LogP contribution in [0.4, 0.5) is 10.5 Å². The maximum atomic E-state index is 12.2. The molecule has 0 spiro atoms. The van der Waals surface area contributed by atoms with Gasteiger partial charge in [0.2, 0.25) is 0 Å². The predicted molar refractivity (Wildman–Crippen MR) is 91.0 cm³/mol. The van der Waals surface area contributed by atoms with Gasteiger partial charge in [-0.25, -0.2) is 4.79 Å². The van der Waals surface area contributed by atoms with E-state index in [1.165, 1.54) is 0 Å². The van der Waals surface area contributed by atoms with E-state index in [0.717, 1.165) is 22.0 Å². The first kappa shape index (κ1) is 14.1. The number of carbonyl (C=O) groups excluding carboxylic acids is 1. The van der Waals surface area contributed by atoms with Crippen LogP contribution in [0.15, 0.2) is 72.8 Å². The van der Waals surface area contributed by atoms with Crippen LogP contribution >= 0.6 is 0 Å². The van der Waals surface area contributed by atoms with Crippen LogP contribution in [0.25, 0.3) is 10.8 Å². The smallest absolute Gasteiger partial charge is 0.319 e. The van der Waals surface area contributed by atoms with Gasteiger partial charge in [-0.15, -0.1) is 0 Å². The summed E-state index contributed by atoms with van der Waals surface area (Å²) in [6.07, 6.45) is 0. The van der Waals surface area contributed by atoms with Crippen molar-refractivity contribution >= 4 is 22.5 Å². The summed E-state index contributed by atoms with van der Waals surface area (Å²) in [5, 5.41) is 8.04. The fourth-order valence-corrected chi connectivity index (χ4v) is 2.51. The number of fused-ring (bicyclic) bond motifs is 1. The molecule has 3 heteroatoms. The number of urea groups is 1. The number of hydrogen-bond acceptors (Lipinski definition) is 1. The molecule has 0 bridgehead atoms. The molecule has 3 rings (SSSR count). The highest BCUT2D eigenvalue weighted by Crippen LogP contribution is 2.23. The number of carbonyl (C=O) groups is 1. The molecule has 0 aliphatic carbocycles. The normalized spacial score (nSPS) is 11.9. The van der Waals surface area contributed by atoms with Gasteiger partial charge in [-0.2, -0.15) is 0 Å². The van der Waals surface area contributed by atoms with Crippen molar-refractivity contribution in [2.24, 2.45) is 0 Å². The van der Waals surface area contributed by atoms with E-state index in [2.05, 4.69) is 10.6 Å². The SMILES string of the molecule is C[C@H](NC(=O)Nc1cccc2ccccc12)c1ccccc1. The monoisotopic (exact) mass is 290 g/mol. The van der Waals surface area contributed by atoms with Crippen LogP contribution in [0.2, 0.25) is 0 Å². The second-order valence-electron chi connectivity index (χ2n) is 5.26. The summed E-state index contributed by atoms with van der Waals surface area (Å²) in [5.41, 5.74) is 1.89. The summed E-state index contributed by atoms with van der Waals surface area (Å²) >= 11 is 0. The van der Waals surface area contributed by atoms with Crippen molar-refractivity contribution in [2.75, 3.05) is 5.32 Å². The van der Waals surface area contributed by atoms with Gasteiger partial charge in [0.15, 0.2) is 0 Å². The van der Waals surface area contributed by atoms with Crippen molar-refractivity contribution in [3.8, 4) is 0 Å². The fraction of sp³-hybridized carbons (Fsp3) is 0.105. The standard InChI is InChI=1S/C19H18N2O/c1-14(15-8-3-2-4-9-15)20-19(22)21-18-13-7-11-16-10-5-6-12-17(16)18/h2-14H,1H3,(H2,20,21,22)/t14-/m0/s1. The average molecular weight is 290 g/mol. The fourth-order valence-electron chi connectivity index (χ4n) is 2.51. The lowest BCUT2D eigenvalue weighted by Crippen LogP contribution is -2.31. The zero-order chi connectivity index (χ0) is 15.4. The van der Waals surface area contributed by atoms with Gasteiger partial charge in [0.25, 0.3) is 0 Å². The van der Waals surface area contributed by atoms with E-state index in [4.69, 9.17) is 0 Å². The molecule has 2 N–H and O–H groups in total. The molecule has 3 nitrogen and oxygen atoms in total. The lowest BCUT2D eigenvalue weighted by Gasteiger charge is -2.15. The molecular weight excluding hydrogens is 272 g/mol. The molecule has 0 aromatic heterocycles. The molecule has 22 heavy (non-hydrogen) atoms. The molecule has 0 aliphatic rings. The van der Waals surface area contributed by atoms with E-state index < -0.39 is 0 Å². The summed E-state index contributed by atoms with van der Waals surface area (Å²) in [7, 11) is 0. The van der Waals surface area contributed by atoms with Crippen LogP contribution in [0.3, 0.4) is 0 Å². The third-order valence-corrected chi connectivity index (χ3v) is 3.69. The Bertz CT molecular complexity index is 778. The first-order chi connectivity index (χ1) is 10.7. The number of anilines is 1. The van der Waals surface area contributed by atoms with E-state index in [1.807, 2.05) is 79.7 Å². The Kier molecular flexibility index (Phi) is 4.05. The first-order valence-electron chi connectivity index (χ1n) is 7.34. The van der Waals surface area contributed by atoms with Gasteiger partial charge in [0.1, 0.15) is 0 Å². The molecule has 1 atom stereocenters. The quantitative estimate of drug-likeness (QED) is 0.720. The van der Waals surface area contributed by atoms with Crippen LogP contribution in [-0.4, -0.2) is 6.03 Å². The minimum Gasteiger partial charge on any atom is -0.331 e. The van der Waals surface area contributed by atoms with Crippen molar-refractivity contribution in [1.82, 2.24) is 5.32 Å². The zero-order valence-corrected chi connectivity index (χ0v) is 12.4. The van der Waals surface area contributed by atoms with Gasteiger partial charge in [0, 0.05) is 5.39 Å². The molecule has 0 fully saturated rings.